The minimum atomic E-state index is -1.14. The molecule has 0 spiro atoms. The third-order valence-corrected chi connectivity index (χ3v) is 3.33. The Morgan fingerprint density at radius 2 is 1.92 bits per heavy atom. The normalized spacial score (nSPS) is 12.0. The van der Waals surface area contributed by atoms with Gasteiger partial charge in [0.1, 0.15) is 11.7 Å². The third kappa shape index (κ3) is 3.75. The monoisotopic (exact) mass is 333 g/mol. The van der Waals surface area contributed by atoms with Crippen molar-refractivity contribution < 1.29 is 24.1 Å². The highest BCUT2D eigenvalue weighted by Crippen LogP contribution is 2.22. The number of nitro groups is 1. The molecule has 0 bridgehead atoms. The SMILES string of the molecule is CC(C)C(NC(=O)c1cc(-c2ccc([N+](=O)[O-])cc2)no1)C(=O)O. The van der Waals surface area contributed by atoms with Crippen LogP contribution < -0.4 is 5.32 Å². The van der Waals surface area contributed by atoms with Crippen LogP contribution in [0, 0.1) is 16.0 Å². The Labute approximate surface area is 136 Å². The smallest absolute Gasteiger partial charge is 0.326 e. The van der Waals surface area contributed by atoms with Crippen molar-refractivity contribution in [1.29, 1.82) is 0 Å². The van der Waals surface area contributed by atoms with Crippen LogP contribution in [0.5, 0.6) is 0 Å². The van der Waals surface area contributed by atoms with Gasteiger partial charge < -0.3 is 14.9 Å². The first kappa shape index (κ1) is 17.1. The van der Waals surface area contributed by atoms with Crippen molar-refractivity contribution in [1.82, 2.24) is 10.5 Å². The first-order valence-electron chi connectivity index (χ1n) is 7.05. The van der Waals surface area contributed by atoms with E-state index in [0.717, 1.165) is 0 Å². The molecule has 1 unspecified atom stereocenters. The number of non-ortho nitro benzene ring substituents is 1. The van der Waals surface area contributed by atoms with Gasteiger partial charge in [0.25, 0.3) is 11.6 Å². The van der Waals surface area contributed by atoms with Gasteiger partial charge in [-0.3, -0.25) is 14.9 Å². The van der Waals surface area contributed by atoms with Crippen LogP contribution in [0.1, 0.15) is 24.4 Å². The number of rotatable bonds is 6. The van der Waals surface area contributed by atoms with Crippen LogP contribution in [0.2, 0.25) is 0 Å². The Balaban J connectivity index is 2.16. The van der Waals surface area contributed by atoms with E-state index >= 15 is 0 Å². The molecule has 0 fully saturated rings. The highest BCUT2D eigenvalue weighted by molar-refractivity contribution is 5.95. The molecule has 2 aromatic rings. The molecular weight excluding hydrogens is 318 g/mol. The van der Waals surface area contributed by atoms with Crippen LogP contribution in [0.3, 0.4) is 0 Å². The minimum Gasteiger partial charge on any atom is -0.480 e. The van der Waals surface area contributed by atoms with Crippen molar-refractivity contribution in [3.63, 3.8) is 0 Å². The number of benzene rings is 1. The number of aliphatic carboxylic acids is 1. The number of amides is 1. The van der Waals surface area contributed by atoms with Gasteiger partial charge in [-0.15, -0.1) is 0 Å². The summed E-state index contributed by atoms with van der Waals surface area (Å²) in [6.07, 6.45) is 0. The van der Waals surface area contributed by atoms with E-state index in [-0.39, 0.29) is 17.4 Å². The molecule has 0 radical (unpaired) electrons. The lowest BCUT2D eigenvalue weighted by Crippen LogP contribution is -2.44. The zero-order valence-corrected chi connectivity index (χ0v) is 12.9. The number of aromatic nitrogens is 1. The molecule has 1 heterocycles. The second-order valence-corrected chi connectivity index (χ2v) is 5.41. The second kappa shape index (κ2) is 6.90. The number of hydrogen-bond donors (Lipinski definition) is 2. The molecule has 0 aliphatic heterocycles. The predicted molar refractivity (Wildman–Crippen MR) is 82.3 cm³/mol. The van der Waals surface area contributed by atoms with Crippen LogP contribution in [0.4, 0.5) is 5.69 Å². The first-order valence-corrected chi connectivity index (χ1v) is 7.05. The zero-order chi connectivity index (χ0) is 17.9. The molecule has 1 aromatic carbocycles. The Kier molecular flexibility index (Phi) is 4.93. The lowest BCUT2D eigenvalue weighted by molar-refractivity contribution is -0.384. The van der Waals surface area contributed by atoms with E-state index in [9.17, 15) is 19.7 Å². The molecule has 2 N–H and O–H groups in total. The molecule has 2 rings (SSSR count). The molecule has 0 saturated heterocycles. The number of carbonyl (C=O) groups is 2. The molecule has 0 aliphatic carbocycles. The molecule has 9 heteroatoms. The van der Waals surface area contributed by atoms with Gasteiger partial charge in [-0.1, -0.05) is 19.0 Å². The summed E-state index contributed by atoms with van der Waals surface area (Å²) in [7, 11) is 0. The number of nitrogens with one attached hydrogen (secondary N) is 1. The number of hydrogen-bond acceptors (Lipinski definition) is 6. The molecule has 24 heavy (non-hydrogen) atoms. The van der Waals surface area contributed by atoms with Crippen LogP contribution in [0.15, 0.2) is 34.9 Å². The van der Waals surface area contributed by atoms with E-state index < -0.39 is 22.8 Å². The quantitative estimate of drug-likeness (QED) is 0.610. The Morgan fingerprint density at radius 1 is 1.29 bits per heavy atom. The maximum atomic E-state index is 12.1. The summed E-state index contributed by atoms with van der Waals surface area (Å²) in [5.41, 5.74) is 0.773. The summed E-state index contributed by atoms with van der Waals surface area (Å²) in [6, 6.07) is 5.87. The molecule has 1 amide bonds. The van der Waals surface area contributed by atoms with E-state index in [2.05, 4.69) is 10.5 Å². The second-order valence-electron chi connectivity index (χ2n) is 5.41. The minimum absolute atomic E-state index is 0.0681. The van der Waals surface area contributed by atoms with Gasteiger partial charge in [0.05, 0.1) is 4.92 Å². The fourth-order valence-electron chi connectivity index (χ4n) is 2.00. The summed E-state index contributed by atoms with van der Waals surface area (Å²) >= 11 is 0. The van der Waals surface area contributed by atoms with Gasteiger partial charge in [0, 0.05) is 23.8 Å². The predicted octanol–water partition coefficient (Wildman–Crippen LogP) is 2.09. The standard InChI is InChI=1S/C15H15N3O6/c1-8(2)13(15(20)21)16-14(19)12-7-11(17-24-12)9-3-5-10(6-4-9)18(22)23/h3-8,13H,1-2H3,(H,16,19)(H,20,21). The maximum absolute atomic E-state index is 12.1. The summed E-state index contributed by atoms with van der Waals surface area (Å²) in [4.78, 5) is 33.3. The highest BCUT2D eigenvalue weighted by atomic mass is 16.6. The van der Waals surface area contributed by atoms with Crippen LogP contribution in [0.25, 0.3) is 11.3 Å². The van der Waals surface area contributed by atoms with Crippen molar-refractivity contribution in [2.75, 3.05) is 0 Å². The van der Waals surface area contributed by atoms with Crippen molar-refractivity contribution in [2.24, 2.45) is 5.92 Å². The lowest BCUT2D eigenvalue weighted by Gasteiger charge is -2.16. The summed E-state index contributed by atoms with van der Waals surface area (Å²) < 4.78 is 4.93. The van der Waals surface area contributed by atoms with Crippen molar-refractivity contribution >= 4 is 17.6 Å². The van der Waals surface area contributed by atoms with Crippen LogP contribution in [-0.2, 0) is 4.79 Å². The fraction of sp³-hybridized carbons (Fsp3) is 0.267. The van der Waals surface area contributed by atoms with Gasteiger partial charge in [-0.25, -0.2) is 4.79 Å². The van der Waals surface area contributed by atoms with Gasteiger partial charge >= 0.3 is 5.97 Å². The van der Waals surface area contributed by atoms with Crippen LogP contribution in [-0.4, -0.2) is 33.1 Å². The van der Waals surface area contributed by atoms with Gasteiger partial charge in [0.2, 0.25) is 5.76 Å². The molecule has 0 aliphatic rings. The largest absolute Gasteiger partial charge is 0.480 e. The third-order valence-electron chi connectivity index (χ3n) is 3.33. The maximum Gasteiger partial charge on any atom is 0.326 e. The van der Waals surface area contributed by atoms with Gasteiger partial charge in [-0.2, -0.15) is 0 Å². The van der Waals surface area contributed by atoms with Crippen molar-refractivity contribution in [2.45, 2.75) is 19.9 Å². The van der Waals surface area contributed by atoms with Gasteiger partial charge in [-0.05, 0) is 18.1 Å². The number of nitro benzene ring substituents is 1. The average molecular weight is 333 g/mol. The highest BCUT2D eigenvalue weighted by Gasteiger charge is 2.25. The van der Waals surface area contributed by atoms with E-state index in [4.69, 9.17) is 9.63 Å². The first-order chi connectivity index (χ1) is 11.3. The molecule has 0 saturated carbocycles. The molecule has 126 valence electrons. The number of carboxylic acid groups (broad SMARTS) is 1. The molecule has 9 nitrogen and oxygen atoms in total. The number of nitrogens with zero attached hydrogens (tertiary/aromatic N) is 2. The zero-order valence-electron chi connectivity index (χ0n) is 12.9. The average Bonchev–Trinajstić information content (AvgIpc) is 3.01. The fourth-order valence-corrected chi connectivity index (χ4v) is 2.00. The van der Waals surface area contributed by atoms with E-state index in [1.54, 1.807) is 13.8 Å². The number of carboxylic acids is 1. The Hall–Kier alpha value is -3.23. The van der Waals surface area contributed by atoms with Crippen molar-refractivity contribution in [3.05, 3.63) is 46.2 Å². The van der Waals surface area contributed by atoms with E-state index in [1.807, 2.05) is 0 Å². The Morgan fingerprint density at radius 3 is 2.42 bits per heavy atom. The summed E-state index contributed by atoms with van der Waals surface area (Å²) in [6.45, 7) is 3.34. The topological polar surface area (TPSA) is 136 Å². The van der Waals surface area contributed by atoms with E-state index in [0.29, 0.717) is 11.3 Å². The van der Waals surface area contributed by atoms with Gasteiger partial charge in [0.15, 0.2) is 0 Å². The molecular formula is C15H15N3O6. The lowest BCUT2D eigenvalue weighted by atomic mass is 10.0. The summed E-state index contributed by atoms with van der Waals surface area (Å²) in [5, 5.41) is 25.8. The molecule has 1 aromatic heterocycles. The van der Waals surface area contributed by atoms with Crippen molar-refractivity contribution in [3.8, 4) is 11.3 Å². The Bertz CT molecular complexity index is 766. The number of carbonyl (C=O) groups excluding carboxylic acids is 1. The summed E-state index contributed by atoms with van der Waals surface area (Å²) in [5.74, 6) is -2.29. The van der Waals surface area contributed by atoms with E-state index in [1.165, 1.54) is 30.3 Å². The molecule has 1 atom stereocenters. The van der Waals surface area contributed by atoms with Crippen LogP contribution >= 0.6 is 0 Å².